The van der Waals surface area contributed by atoms with Crippen molar-refractivity contribution in [3.05, 3.63) is 82.9 Å². The molecule has 0 saturated carbocycles. The number of ether oxygens (including phenoxy) is 2. The number of para-hydroxylation sites is 1. The van der Waals surface area contributed by atoms with E-state index in [9.17, 15) is 14.4 Å². The van der Waals surface area contributed by atoms with Crippen molar-refractivity contribution < 1.29 is 23.9 Å². The smallest absolute Gasteiger partial charge is 0.334 e. The van der Waals surface area contributed by atoms with Crippen molar-refractivity contribution >= 4 is 40.7 Å². The number of fused-ring (bicyclic) bond motifs is 2. The predicted octanol–water partition coefficient (Wildman–Crippen LogP) is 4.44. The van der Waals surface area contributed by atoms with Crippen LogP contribution in [0.15, 0.2) is 66.8 Å². The molecule has 2 aliphatic rings. The molecule has 0 bridgehead atoms. The van der Waals surface area contributed by atoms with Gasteiger partial charge in [-0.25, -0.2) is 9.59 Å². The summed E-state index contributed by atoms with van der Waals surface area (Å²) in [5, 5.41) is 4.01. The molecule has 2 aromatic carbocycles. The minimum atomic E-state index is -1.54. The minimum absolute atomic E-state index is 0.476. The summed E-state index contributed by atoms with van der Waals surface area (Å²) >= 11 is 6.34. The summed E-state index contributed by atoms with van der Waals surface area (Å²) in [6.07, 6.45) is 8.28. The molecule has 4 rings (SSSR count). The number of hydrogen-bond acceptors (Lipinski definition) is 7. The lowest BCUT2D eigenvalue weighted by Crippen LogP contribution is -2.28. The van der Waals surface area contributed by atoms with Crippen LogP contribution in [0.2, 0.25) is 5.02 Å². The van der Waals surface area contributed by atoms with Crippen molar-refractivity contribution in [1.29, 1.82) is 0 Å². The van der Waals surface area contributed by atoms with Gasteiger partial charge in [-0.05, 0) is 67.6 Å². The SMILES string of the molecule is O=C1C=CC(=O)OC(C(=O)/C=C/CNCCCCCN2c3ccccc3CCc3ccc(Cl)cc32)O1. The van der Waals surface area contributed by atoms with Crippen molar-refractivity contribution in [2.45, 2.75) is 38.4 Å². The van der Waals surface area contributed by atoms with Crippen LogP contribution in [0.5, 0.6) is 0 Å². The standard InChI is InChI=1S/C28H29ClN2O5/c29-22-13-12-21-11-10-20-7-2-3-8-23(20)31(24(21)19-22)18-5-1-4-16-30-17-6-9-25(32)28-35-26(33)14-15-27(34)36-28/h2-3,6-9,12-15,19,28,30H,1,4-5,10-11,16-18H2/b9-6+. The normalized spacial score (nSPS) is 15.6. The highest BCUT2D eigenvalue weighted by Gasteiger charge is 2.26. The maximum absolute atomic E-state index is 12.1. The van der Waals surface area contributed by atoms with E-state index in [2.05, 4.69) is 46.6 Å². The van der Waals surface area contributed by atoms with Crippen LogP contribution in [0, 0.1) is 0 Å². The van der Waals surface area contributed by atoms with Gasteiger partial charge in [-0.3, -0.25) is 4.79 Å². The zero-order valence-electron chi connectivity index (χ0n) is 20.0. The van der Waals surface area contributed by atoms with Crippen molar-refractivity contribution in [3.63, 3.8) is 0 Å². The van der Waals surface area contributed by atoms with Gasteiger partial charge in [0.2, 0.25) is 5.78 Å². The molecule has 0 saturated heterocycles. The van der Waals surface area contributed by atoms with Gasteiger partial charge in [0.15, 0.2) is 0 Å². The first-order valence-corrected chi connectivity index (χ1v) is 12.5. The fraction of sp³-hybridized carbons (Fsp3) is 0.321. The van der Waals surface area contributed by atoms with E-state index in [1.807, 2.05) is 6.07 Å². The summed E-state index contributed by atoms with van der Waals surface area (Å²) in [6.45, 7) is 2.19. The number of nitrogens with zero attached hydrogens (tertiary/aromatic N) is 1. The molecule has 0 amide bonds. The summed E-state index contributed by atoms with van der Waals surface area (Å²) in [7, 11) is 0. The Morgan fingerprint density at radius 1 is 0.972 bits per heavy atom. The Morgan fingerprint density at radius 3 is 2.47 bits per heavy atom. The molecule has 2 aromatic rings. The molecule has 0 aromatic heterocycles. The predicted molar refractivity (Wildman–Crippen MR) is 138 cm³/mol. The molecule has 188 valence electrons. The molecule has 0 spiro atoms. The number of carbonyl (C=O) groups is 3. The number of nitrogens with one attached hydrogen (secondary N) is 1. The molecule has 1 N–H and O–H groups in total. The number of carbonyl (C=O) groups excluding carboxylic acids is 3. The van der Waals surface area contributed by atoms with Crippen LogP contribution in [0.25, 0.3) is 0 Å². The van der Waals surface area contributed by atoms with E-state index >= 15 is 0 Å². The average Bonchev–Trinajstić information content (AvgIpc) is 3.14. The largest absolute Gasteiger partial charge is 0.414 e. The van der Waals surface area contributed by atoms with Gasteiger partial charge in [-0.1, -0.05) is 48.4 Å². The van der Waals surface area contributed by atoms with Crippen LogP contribution in [-0.4, -0.2) is 43.6 Å². The Hall–Kier alpha value is -3.42. The second-order valence-electron chi connectivity index (χ2n) is 8.66. The number of rotatable bonds is 10. The monoisotopic (exact) mass is 508 g/mol. The molecule has 36 heavy (non-hydrogen) atoms. The maximum Gasteiger partial charge on any atom is 0.334 e. The van der Waals surface area contributed by atoms with E-state index in [0.717, 1.165) is 62.4 Å². The Balaban J connectivity index is 1.20. The summed E-state index contributed by atoms with van der Waals surface area (Å²) in [6, 6.07) is 14.8. The highest BCUT2D eigenvalue weighted by Crippen LogP contribution is 2.37. The van der Waals surface area contributed by atoms with Crippen molar-refractivity contribution in [1.82, 2.24) is 5.32 Å². The first-order valence-electron chi connectivity index (χ1n) is 12.2. The third-order valence-electron chi connectivity index (χ3n) is 6.10. The molecule has 0 aliphatic carbocycles. The molecule has 0 atom stereocenters. The first-order chi connectivity index (χ1) is 17.5. The van der Waals surface area contributed by atoms with Crippen molar-refractivity contribution in [2.75, 3.05) is 24.5 Å². The van der Waals surface area contributed by atoms with Crippen LogP contribution < -0.4 is 10.2 Å². The van der Waals surface area contributed by atoms with Crippen molar-refractivity contribution in [3.8, 4) is 0 Å². The molecule has 0 fully saturated rings. The maximum atomic E-state index is 12.1. The molecule has 2 heterocycles. The lowest BCUT2D eigenvalue weighted by Gasteiger charge is -2.27. The molecular weight excluding hydrogens is 480 g/mol. The minimum Gasteiger partial charge on any atom is -0.414 e. The topological polar surface area (TPSA) is 84.9 Å². The average molecular weight is 509 g/mol. The lowest BCUT2D eigenvalue weighted by molar-refractivity contribution is -0.182. The van der Waals surface area contributed by atoms with E-state index in [-0.39, 0.29) is 0 Å². The van der Waals surface area contributed by atoms with Gasteiger partial charge in [0.25, 0.3) is 0 Å². The third kappa shape index (κ3) is 6.83. The lowest BCUT2D eigenvalue weighted by atomic mass is 10.0. The second-order valence-corrected chi connectivity index (χ2v) is 9.10. The number of unbranched alkanes of at least 4 members (excludes halogenated alkanes) is 2. The van der Waals surface area contributed by atoms with E-state index in [4.69, 9.17) is 21.1 Å². The van der Waals surface area contributed by atoms with E-state index < -0.39 is 24.0 Å². The molecule has 0 unspecified atom stereocenters. The van der Waals surface area contributed by atoms with Gasteiger partial charge in [-0.15, -0.1) is 0 Å². The summed E-state index contributed by atoms with van der Waals surface area (Å²) in [5.74, 6) is -2.18. The van der Waals surface area contributed by atoms with Gasteiger partial charge in [0, 0.05) is 41.6 Å². The number of anilines is 2. The van der Waals surface area contributed by atoms with Crippen LogP contribution in [0.1, 0.15) is 30.4 Å². The van der Waals surface area contributed by atoms with Gasteiger partial charge < -0.3 is 19.7 Å². The number of halogens is 1. The Morgan fingerprint density at radius 2 is 1.69 bits per heavy atom. The summed E-state index contributed by atoms with van der Waals surface area (Å²) in [4.78, 5) is 37.2. The Bertz CT molecular complexity index is 1160. The van der Waals surface area contributed by atoms with E-state index in [1.165, 1.54) is 28.6 Å². The summed E-state index contributed by atoms with van der Waals surface area (Å²) < 4.78 is 9.55. The van der Waals surface area contributed by atoms with Gasteiger partial charge in [0.05, 0.1) is 0 Å². The van der Waals surface area contributed by atoms with Crippen LogP contribution >= 0.6 is 11.6 Å². The zero-order valence-corrected chi connectivity index (χ0v) is 20.7. The molecular formula is C28H29ClN2O5. The Kier molecular flexibility index (Phi) is 8.92. The molecule has 2 aliphatic heterocycles. The molecule has 0 radical (unpaired) electrons. The zero-order chi connectivity index (χ0) is 25.3. The van der Waals surface area contributed by atoms with E-state index in [0.29, 0.717) is 6.54 Å². The highest BCUT2D eigenvalue weighted by atomic mass is 35.5. The number of aryl methyl sites for hydroxylation is 2. The van der Waals surface area contributed by atoms with E-state index in [1.54, 1.807) is 6.08 Å². The highest BCUT2D eigenvalue weighted by molar-refractivity contribution is 6.30. The number of esters is 2. The van der Waals surface area contributed by atoms with Crippen LogP contribution in [0.4, 0.5) is 11.4 Å². The number of cyclic esters (lactones) is 2. The van der Waals surface area contributed by atoms with Crippen LogP contribution in [0.3, 0.4) is 0 Å². The third-order valence-corrected chi connectivity index (χ3v) is 6.33. The van der Waals surface area contributed by atoms with Gasteiger partial charge in [-0.2, -0.15) is 0 Å². The van der Waals surface area contributed by atoms with Crippen LogP contribution in [-0.2, 0) is 36.7 Å². The van der Waals surface area contributed by atoms with Gasteiger partial charge >= 0.3 is 18.2 Å². The first kappa shape index (κ1) is 25.7. The number of benzene rings is 2. The molecule has 7 nitrogen and oxygen atoms in total. The second kappa shape index (κ2) is 12.5. The molecule has 8 heteroatoms. The number of ketones is 1. The van der Waals surface area contributed by atoms with Gasteiger partial charge in [0.1, 0.15) is 0 Å². The fourth-order valence-corrected chi connectivity index (χ4v) is 4.49. The number of hydrogen-bond donors (Lipinski definition) is 1. The Labute approximate surface area is 215 Å². The van der Waals surface area contributed by atoms with Crippen molar-refractivity contribution in [2.24, 2.45) is 0 Å². The summed E-state index contributed by atoms with van der Waals surface area (Å²) in [5.41, 5.74) is 5.13. The quantitative estimate of drug-likeness (QED) is 0.288. The fourth-order valence-electron chi connectivity index (χ4n) is 4.33.